The van der Waals surface area contributed by atoms with E-state index >= 15 is 0 Å². The standard InChI is InChI=1S/C12H14BrN3S/c1-2-3-16-12(10-7-14-4-5-15-10)11-6-9(13)8-17-11/h4-8,12,16H,2-3H2,1H3. The van der Waals surface area contributed by atoms with Crippen molar-refractivity contribution in [2.24, 2.45) is 0 Å². The van der Waals surface area contributed by atoms with Gasteiger partial charge in [0.2, 0.25) is 0 Å². The summed E-state index contributed by atoms with van der Waals surface area (Å²) in [5, 5.41) is 5.59. The SMILES string of the molecule is CCCNC(c1cnccn1)c1cc(Br)cs1. The van der Waals surface area contributed by atoms with Crippen LogP contribution in [0.25, 0.3) is 0 Å². The molecule has 0 spiro atoms. The Bertz CT molecular complexity index is 458. The zero-order chi connectivity index (χ0) is 12.1. The molecular formula is C12H14BrN3S. The molecule has 0 amide bonds. The molecule has 1 atom stereocenters. The summed E-state index contributed by atoms with van der Waals surface area (Å²) < 4.78 is 1.12. The normalized spacial score (nSPS) is 12.6. The quantitative estimate of drug-likeness (QED) is 0.919. The van der Waals surface area contributed by atoms with Gasteiger partial charge in [-0.25, -0.2) is 0 Å². The van der Waals surface area contributed by atoms with Crippen LogP contribution < -0.4 is 5.32 Å². The van der Waals surface area contributed by atoms with Crippen LogP contribution in [0.5, 0.6) is 0 Å². The van der Waals surface area contributed by atoms with Crippen LogP contribution in [-0.4, -0.2) is 16.5 Å². The van der Waals surface area contributed by atoms with Gasteiger partial charge in [-0.05, 0) is 35.0 Å². The zero-order valence-corrected chi connectivity index (χ0v) is 12.0. The Morgan fingerprint density at radius 3 is 2.94 bits per heavy atom. The van der Waals surface area contributed by atoms with Crippen molar-refractivity contribution in [1.29, 1.82) is 0 Å². The third-order valence-electron chi connectivity index (χ3n) is 2.35. The van der Waals surface area contributed by atoms with E-state index in [2.05, 4.69) is 49.6 Å². The summed E-state index contributed by atoms with van der Waals surface area (Å²) in [6, 6.07) is 2.27. The Balaban J connectivity index is 2.25. The number of hydrogen-bond acceptors (Lipinski definition) is 4. The highest BCUT2D eigenvalue weighted by molar-refractivity contribution is 9.10. The van der Waals surface area contributed by atoms with Crippen LogP contribution in [0, 0.1) is 0 Å². The van der Waals surface area contributed by atoms with Gasteiger partial charge in [0.25, 0.3) is 0 Å². The molecule has 2 aromatic rings. The molecule has 0 fully saturated rings. The molecule has 1 N–H and O–H groups in total. The largest absolute Gasteiger partial charge is 0.304 e. The van der Waals surface area contributed by atoms with E-state index < -0.39 is 0 Å². The van der Waals surface area contributed by atoms with Crippen molar-refractivity contribution in [3.63, 3.8) is 0 Å². The van der Waals surface area contributed by atoms with Crippen LogP contribution in [0.3, 0.4) is 0 Å². The number of nitrogens with zero attached hydrogens (tertiary/aromatic N) is 2. The van der Waals surface area contributed by atoms with Crippen LogP contribution in [0.1, 0.15) is 30.0 Å². The molecule has 0 aliphatic rings. The smallest absolute Gasteiger partial charge is 0.0861 e. The van der Waals surface area contributed by atoms with Crippen LogP contribution >= 0.6 is 27.3 Å². The summed E-state index contributed by atoms with van der Waals surface area (Å²) in [5.41, 5.74) is 0.968. The molecule has 0 aliphatic heterocycles. The van der Waals surface area contributed by atoms with Crippen LogP contribution in [0.2, 0.25) is 0 Å². The molecule has 0 aliphatic carbocycles. The Morgan fingerprint density at radius 1 is 1.47 bits per heavy atom. The van der Waals surface area contributed by atoms with Crippen molar-refractivity contribution in [3.8, 4) is 0 Å². The third-order valence-corrected chi connectivity index (χ3v) is 4.11. The summed E-state index contributed by atoms with van der Waals surface area (Å²) in [6.07, 6.45) is 6.35. The van der Waals surface area contributed by atoms with Crippen molar-refractivity contribution >= 4 is 27.3 Å². The van der Waals surface area contributed by atoms with Crippen molar-refractivity contribution in [2.75, 3.05) is 6.54 Å². The van der Waals surface area contributed by atoms with E-state index in [1.807, 2.05) is 6.20 Å². The maximum absolute atomic E-state index is 4.38. The fraction of sp³-hybridized carbons (Fsp3) is 0.333. The highest BCUT2D eigenvalue weighted by atomic mass is 79.9. The molecule has 0 bridgehead atoms. The highest BCUT2D eigenvalue weighted by Gasteiger charge is 2.16. The molecule has 2 heterocycles. The minimum Gasteiger partial charge on any atom is -0.304 e. The number of rotatable bonds is 5. The monoisotopic (exact) mass is 311 g/mol. The number of aromatic nitrogens is 2. The average molecular weight is 312 g/mol. The molecule has 17 heavy (non-hydrogen) atoms. The molecule has 0 radical (unpaired) electrons. The van der Waals surface area contributed by atoms with Crippen molar-refractivity contribution in [3.05, 3.63) is 45.1 Å². The van der Waals surface area contributed by atoms with Crippen LogP contribution in [0.15, 0.2) is 34.5 Å². The predicted molar refractivity (Wildman–Crippen MR) is 74.2 cm³/mol. The van der Waals surface area contributed by atoms with E-state index in [1.165, 1.54) is 4.88 Å². The van der Waals surface area contributed by atoms with Crippen molar-refractivity contribution in [1.82, 2.24) is 15.3 Å². The first-order valence-corrected chi connectivity index (χ1v) is 7.21. The van der Waals surface area contributed by atoms with E-state index in [9.17, 15) is 0 Å². The summed E-state index contributed by atoms with van der Waals surface area (Å²) in [4.78, 5) is 9.78. The minimum absolute atomic E-state index is 0.139. The molecule has 2 aromatic heterocycles. The molecule has 0 aromatic carbocycles. The van der Waals surface area contributed by atoms with Crippen molar-refractivity contribution in [2.45, 2.75) is 19.4 Å². The number of halogens is 1. The van der Waals surface area contributed by atoms with Crippen molar-refractivity contribution < 1.29 is 0 Å². The zero-order valence-electron chi connectivity index (χ0n) is 9.56. The summed E-state index contributed by atoms with van der Waals surface area (Å²) in [6.45, 7) is 3.13. The van der Waals surface area contributed by atoms with E-state index in [0.29, 0.717) is 0 Å². The topological polar surface area (TPSA) is 37.8 Å². The first kappa shape index (κ1) is 12.7. The maximum atomic E-state index is 4.38. The first-order chi connectivity index (χ1) is 8.31. The van der Waals surface area contributed by atoms with Gasteiger partial charge < -0.3 is 5.32 Å². The first-order valence-electron chi connectivity index (χ1n) is 5.54. The fourth-order valence-corrected chi connectivity index (χ4v) is 3.11. The molecule has 90 valence electrons. The minimum atomic E-state index is 0.139. The third kappa shape index (κ3) is 3.34. The summed E-state index contributed by atoms with van der Waals surface area (Å²) in [5.74, 6) is 0. The number of thiophene rings is 1. The van der Waals surface area contributed by atoms with Gasteiger partial charge in [0.15, 0.2) is 0 Å². The van der Waals surface area contributed by atoms with Gasteiger partial charge in [-0.3, -0.25) is 9.97 Å². The predicted octanol–water partition coefficient (Wildman–Crippen LogP) is 3.39. The Morgan fingerprint density at radius 2 is 2.35 bits per heavy atom. The lowest BCUT2D eigenvalue weighted by atomic mass is 10.1. The molecule has 5 heteroatoms. The summed E-state index contributed by atoms with van der Waals surface area (Å²) in [7, 11) is 0. The Kier molecular flexibility index (Phi) is 4.65. The number of nitrogens with one attached hydrogen (secondary N) is 1. The van der Waals surface area contributed by atoms with E-state index in [-0.39, 0.29) is 6.04 Å². The van der Waals surface area contributed by atoms with Gasteiger partial charge in [-0.2, -0.15) is 0 Å². The van der Waals surface area contributed by atoms with Gasteiger partial charge in [-0.15, -0.1) is 11.3 Å². The second kappa shape index (κ2) is 6.23. The van der Waals surface area contributed by atoms with Gasteiger partial charge >= 0.3 is 0 Å². The molecule has 0 saturated carbocycles. The highest BCUT2D eigenvalue weighted by Crippen LogP contribution is 2.28. The molecular weight excluding hydrogens is 298 g/mol. The molecule has 0 saturated heterocycles. The van der Waals surface area contributed by atoms with Crippen LogP contribution in [-0.2, 0) is 0 Å². The van der Waals surface area contributed by atoms with Gasteiger partial charge in [0, 0.05) is 27.1 Å². The molecule has 1 unspecified atom stereocenters. The second-order valence-corrected chi connectivity index (χ2v) is 5.54. The van der Waals surface area contributed by atoms with Gasteiger partial charge in [-0.1, -0.05) is 6.92 Å². The lowest BCUT2D eigenvalue weighted by Gasteiger charge is -2.15. The van der Waals surface area contributed by atoms with Crippen LogP contribution in [0.4, 0.5) is 0 Å². The molecule has 2 rings (SSSR count). The lowest BCUT2D eigenvalue weighted by Crippen LogP contribution is -2.23. The average Bonchev–Trinajstić information content (AvgIpc) is 2.78. The fourth-order valence-electron chi connectivity index (χ4n) is 1.58. The van der Waals surface area contributed by atoms with E-state index in [0.717, 1.165) is 23.1 Å². The molecule has 3 nitrogen and oxygen atoms in total. The Hall–Kier alpha value is -0.780. The lowest BCUT2D eigenvalue weighted by molar-refractivity contribution is 0.591. The Labute approximate surface area is 113 Å². The second-order valence-electron chi connectivity index (χ2n) is 3.68. The van der Waals surface area contributed by atoms with Gasteiger partial charge in [0.05, 0.1) is 17.9 Å². The van der Waals surface area contributed by atoms with Gasteiger partial charge in [0.1, 0.15) is 0 Å². The number of hydrogen-bond donors (Lipinski definition) is 1. The summed E-state index contributed by atoms with van der Waals surface area (Å²) >= 11 is 5.21. The van der Waals surface area contributed by atoms with E-state index in [1.54, 1.807) is 23.7 Å². The van der Waals surface area contributed by atoms with E-state index in [4.69, 9.17) is 0 Å². The maximum Gasteiger partial charge on any atom is 0.0861 e.